The Morgan fingerprint density at radius 2 is 1.68 bits per heavy atom. The second-order valence-electron chi connectivity index (χ2n) is 5.39. The highest BCUT2D eigenvalue weighted by Gasteiger charge is 2.34. The number of aromatic nitrogens is 2. The van der Waals surface area contributed by atoms with Gasteiger partial charge in [0.2, 0.25) is 5.95 Å². The van der Waals surface area contributed by atoms with Crippen LogP contribution in [0.25, 0.3) is 0 Å². The molecule has 7 heteroatoms. The highest BCUT2D eigenvalue weighted by molar-refractivity contribution is 5.85. The molecule has 2 heterocycles. The number of nitrogens with zero attached hydrogens (tertiary/aromatic N) is 3. The number of benzene rings is 1. The maximum absolute atomic E-state index is 10.8. The third-order valence-corrected chi connectivity index (χ3v) is 3.98. The van der Waals surface area contributed by atoms with Crippen LogP contribution in [0.5, 0.6) is 0 Å². The van der Waals surface area contributed by atoms with Crippen LogP contribution in [0.4, 0.5) is 17.6 Å². The largest absolute Gasteiger partial charge is 0.385 e. The summed E-state index contributed by atoms with van der Waals surface area (Å²) in [7, 11) is 0. The highest BCUT2D eigenvalue weighted by atomic mass is 35.5. The van der Waals surface area contributed by atoms with Gasteiger partial charge in [-0.2, -0.15) is 9.97 Å². The van der Waals surface area contributed by atoms with Crippen LogP contribution in [0.15, 0.2) is 36.4 Å². The molecule has 0 amide bonds. The smallest absolute Gasteiger partial charge is 0.223 e. The maximum Gasteiger partial charge on any atom is 0.223 e. The Hall–Kier alpha value is -2.05. The summed E-state index contributed by atoms with van der Waals surface area (Å²) in [5, 5.41) is 10.8. The molecule has 1 aromatic carbocycles. The number of rotatable bonds is 2. The Bertz CT molecular complexity index is 609. The summed E-state index contributed by atoms with van der Waals surface area (Å²) >= 11 is 0. The van der Waals surface area contributed by atoms with E-state index in [9.17, 15) is 5.11 Å². The minimum atomic E-state index is -0.776. The molecular weight excluding hydrogens is 302 g/mol. The molecule has 0 radical (unpaired) electrons. The van der Waals surface area contributed by atoms with Crippen molar-refractivity contribution in [3.05, 3.63) is 42.0 Å². The summed E-state index contributed by atoms with van der Waals surface area (Å²) in [6.07, 6.45) is 1.28. The van der Waals surface area contributed by atoms with Crippen molar-refractivity contribution in [1.29, 1.82) is 0 Å². The summed E-state index contributed by atoms with van der Waals surface area (Å²) in [6, 6.07) is 11.5. The Morgan fingerprint density at radius 1 is 1.05 bits per heavy atom. The first kappa shape index (κ1) is 16.3. The van der Waals surface area contributed by atoms with Crippen molar-refractivity contribution in [1.82, 2.24) is 9.97 Å². The number of nitrogen functional groups attached to an aromatic ring is 2. The molecule has 0 unspecified atom stereocenters. The van der Waals surface area contributed by atoms with Crippen LogP contribution in [0.1, 0.15) is 18.4 Å². The number of aliphatic hydroxyl groups is 1. The van der Waals surface area contributed by atoms with E-state index in [2.05, 4.69) is 14.9 Å². The number of hydrogen-bond donors (Lipinski definition) is 3. The fraction of sp³-hybridized carbons (Fsp3) is 0.333. The van der Waals surface area contributed by atoms with E-state index in [-0.39, 0.29) is 18.4 Å². The number of anilines is 3. The monoisotopic (exact) mass is 321 g/mol. The predicted octanol–water partition coefficient (Wildman–Crippen LogP) is 1.55. The van der Waals surface area contributed by atoms with E-state index < -0.39 is 5.60 Å². The zero-order chi connectivity index (χ0) is 14.9. The van der Waals surface area contributed by atoms with Gasteiger partial charge >= 0.3 is 0 Å². The van der Waals surface area contributed by atoms with Gasteiger partial charge in [0.15, 0.2) is 0 Å². The van der Waals surface area contributed by atoms with Gasteiger partial charge in [-0.1, -0.05) is 30.3 Å². The van der Waals surface area contributed by atoms with Crippen molar-refractivity contribution < 1.29 is 5.11 Å². The van der Waals surface area contributed by atoms with Crippen LogP contribution in [-0.4, -0.2) is 28.2 Å². The molecule has 1 aliphatic heterocycles. The number of hydrogen-bond acceptors (Lipinski definition) is 6. The Balaban J connectivity index is 0.00000176. The summed E-state index contributed by atoms with van der Waals surface area (Å²) in [6.45, 7) is 1.39. The number of nitrogens with two attached hydrogens (primary N) is 2. The van der Waals surface area contributed by atoms with Crippen LogP contribution in [0, 0.1) is 0 Å². The lowest BCUT2D eigenvalue weighted by molar-refractivity contribution is 0.0117. The quantitative estimate of drug-likeness (QED) is 0.775. The second-order valence-corrected chi connectivity index (χ2v) is 5.39. The first-order valence-corrected chi connectivity index (χ1v) is 7.00. The Labute approximate surface area is 135 Å². The van der Waals surface area contributed by atoms with Crippen molar-refractivity contribution in [2.75, 3.05) is 29.5 Å². The lowest BCUT2D eigenvalue weighted by atomic mass is 9.84. The van der Waals surface area contributed by atoms with E-state index in [1.807, 2.05) is 30.3 Å². The lowest BCUT2D eigenvalue weighted by Gasteiger charge is -2.39. The molecule has 0 spiro atoms. The molecule has 2 aromatic rings. The van der Waals surface area contributed by atoms with Crippen LogP contribution in [-0.2, 0) is 5.60 Å². The van der Waals surface area contributed by atoms with Crippen molar-refractivity contribution in [3.63, 3.8) is 0 Å². The average molecular weight is 322 g/mol. The van der Waals surface area contributed by atoms with Gasteiger partial charge in [-0.3, -0.25) is 0 Å². The molecule has 0 saturated carbocycles. The summed E-state index contributed by atoms with van der Waals surface area (Å²) in [5.74, 6) is 1.26. The van der Waals surface area contributed by atoms with Crippen molar-refractivity contribution in [3.8, 4) is 0 Å². The Morgan fingerprint density at radius 3 is 2.27 bits per heavy atom. The third kappa shape index (κ3) is 3.23. The predicted molar refractivity (Wildman–Crippen MR) is 89.9 cm³/mol. The van der Waals surface area contributed by atoms with E-state index in [0.29, 0.717) is 31.7 Å². The van der Waals surface area contributed by atoms with E-state index >= 15 is 0 Å². The minimum Gasteiger partial charge on any atom is -0.385 e. The molecule has 22 heavy (non-hydrogen) atoms. The zero-order valence-electron chi connectivity index (χ0n) is 12.1. The zero-order valence-corrected chi connectivity index (χ0v) is 13.0. The molecule has 3 rings (SSSR count). The number of halogens is 1. The van der Waals surface area contributed by atoms with E-state index in [0.717, 1.165) is 11.4 Å². The normalized spacial score (nSPS) is 16.9. The van der Waals surface area contributed by atoms with Crippen molar-refractivity contribution >= 4 is 30.0 Å². The number of piperidine rings is 1. The second kappa shape index (κ2) is 6.37. The molecule has 1 saturated heterocycles. The Kier molecular flexibility index (Phi) is 4.73. The van der Waals surface area contributed by atoms with Gasteiger partial charge in [0.05, 0.1) is 5.60 Å². The van der Waals surface area contributed by atoms with Gasteiger partial charge in [0.1, 0.15) is 11.6 Å². The highest BCUT2D eigenvalue weighted by Crippen LogP contribution is 2.34. The molecule has 5 N–H and O–H groups in total. The molecule has 6 nitrogen and oxygen atoms in total. The molecule has 118 valence electrons. The summed E-state index contributed by atoms with van der Waals surface area (Å²) < 4.78 is 0. The SMILES string of the molecule is Cl.Nc1cc(N2CCC(O)(c3ccccc3)CC2)nc(N)n1. The van der Waals surface area contributed by atoms with Gasteiger partial charge < -0.3 is 21.5 Å². The lowest BCUT2D eigenvalue weighted by Crippen LogP contribution is -2.43. The van der Waals surface area contributed by atoms with E-state index in [1.54, 1.807) is 6.07 Å². The van der Waals surface area contributed by atoms with E-state index in [1.165, 1.54) is 0 Å². The fourth-order valence-electron chi connectivity index (χ4n) is 2.78. The molecule has 1 aromatic heterocycles. The van der Waals surface area contributed by atoms with Gasteiger partial charge in [0.25, 0.3) is 0 Å². The van der Waals surface area contributed by atoms with Crippen molar-refractivity contribution in [2.24, 2.45) is 0 Å². The van der Waals surface area contributed by atoms with Crippen LogP contribution < -0.4 is 16.4 Å². The van der Waals surface area contributed by atoms with Crippen LogP contribution in [0.2, 0.25) is 0 Å². The standard InChI is InChI=1S/C15H19N5O.ClH/c16-12-10-13(19-14(17)18-12)20-8-6-15(21,7-9-20)11-4-2-1-3-5-11;/h1-5,10,21H,6-9H2,(H4,16,17,18,19);1H. The molecule has 0 bridgehead atoms. The molecule has 0 atom stereocenters. The molecule has 1 aliphatic rings. The van der Waals surface area contributed by atoms with Gasteiger partial charge in [-0.15, -0.1) is 12.4 Å². The van der Waals surface area contributed by atoms with Crippen LogP contribution >= 0.6 is 12.4 Å². The molecule has 1 fully saturated rings. The summed E-state index contributed by atoms with van der Waals surface area (Å²) in [4.78, 5) is 10.2. The average Bonchev–Trinajstić information content (AvgIpc) is 2.48. The van der Waals surface area contributed by atoms with Crippen molar-refractivity contribution in [2.45, 2.75) is 18.4 Å². The molecule has 0 aliphatic carbocycles. The third-order valence-electron chi connectivity index (χ3n) is 3.98. The fourth-order valence-corrected chi connectivity index (χ4v) is 2.78. The van der Waals surface area contributed by atoms with Gasteiger partial charge in [0, 0.05) is 19.2 Å². The maximum atomic E-state index is 10.8. The van der Waals surface area contributed by atoms with Gasteiger partial charge in [-0.05, 0) is 18.4 Å². The summed E-state index contributed by atoms with van der Waals surface area (Å²) in [5.41, 5.74) is 11.5. The molecular formula is C15H20ClN5O. The first-order chi connectivity index (χ1) is 10.1. The first-order valence-electron chi connectivity index (χ1n) is 7.00. The van der Waals surface area contributed by atoms with Gasteiger partial charge in [-0.25, -0.2) is 0 Å². The van der Waals surface area contributed by atoms with E-state index in [4.69, 9.17) is 11.5 Å². The minimum absolute atomic E-state index is 0. The van der Waals surface area contributed by atoms with Crippen LogP contribution in [0.3, 0.4) is 0 Å². The topological polar surface area (TPSA) is 101 Å².